The van der Waals surface area contributed by atoms with Gasteiger partial charge in [0.1, 0.15) is 0 Å². The highest BCUT2D eigenvalue weighted by atomic mass is 32.1. The van der Waals surface area contributed by atoms with Gasteiger partial charge in [0.2, 0.25) is 0 Å². The maximum atomic E-state index is 12.9. The summed E-state index contributed by atoms with van der Waals surface area (Å²) in [5.41, 5.74) is 3.89. The van der Waals surface area contributed by atoms with Gasteiger partial charge in [-0.1, -0.05) is 29.5 Å². The maximum absolute atomic E-state index is 12.9. The fourth-order valence-electron chi connectivity index (χ4n) is 3.06. The molecule has 0 bridgehead atoms. The first-order chi connectivity index (χ1) is 12.5. The molecule has 0 aliphatic rings. The van der Waals surface area contributed by atoms with Crippen LogP contribution in [0.2, 0.25) is 0 Å². The molecule has 0 aliphatic carbocycles. The lowest BCUT2D eigenvalue weighted by Crippen LogP contribution is -2.16. The number of rotatable bonds is 4. The van der Waals surface area contributed by atoms with Crippen LogP contribution in [-0.2, 0) is 6.54 Å². The van der Waals surface area contributed by atoms with E-state index in [4.69, 9.17) is 9.47 Å². The predicted octanol–water partition coefficient (Wildman–Crippen LogP) is 4.10. The van der Waals surface area contributed by atoms with Crippen LogP contribution in [0.4, 0.5) is 0 Å². The number of fused-ring (bicyclic) bond motifs is 1. The van der Waals surface area contributed by atoms with Crippen molar-refractivity contribution in [1.82, 2.24) is 4.57 Å². The minimum Gasteiger partial charge on any atom is -0.493 e. The first kappa shape index (κ1) is 18.2. The molecule has 5 nitrogen and oxygen atoms in total. The van der Waals surface area contributed by atoms with Crippen LogP contribution < -0.4 is 14.3 Å². The van der Waals surface area contributed by atoms with E-state index in [-0.39, 0.29) is 5.91 Å². The predicted molar refractivity (Wildman–Crippen MR) is 104 cm³/mol. The van der Waals surface area contributed by atoms with Crippen molar-refractivity contribution in [3.05, 3.63) is 51.8 Å². The smallest absolute Gasteiger partial charge is 0.283 e. The number of thiazole rings is 1. The van der Waals surface area contributed by atoms with Crippen molar-refractivity contribution >= 4 is 27.5 Å². The number of benzene rings is 2. The van der Waals surface area contributed by atoms with Gasteiger partial charge in [-0.15, -0.1) is 0 Å². The highest BCUT2D eigenvalue weighted by molar-refractivity contribution is 7.16. The number of nitrogens with zero attached hydrogens (tertiary/aromatic N) is 2. The lowest BCUT2D eigenvalue weighted by Gasteiger charge is -2.10. The van der Waals surface area contributed by atoms with Crippen LogP contribution in [0.15, 0.2) is 35.3 Å². The Bertz CT molecular complexity index is 1050. The van der Waals surface area contributed by atoms with E-state index in [1.54, 1.807) is 25.3 Å². The van der Waals surface area contributed by atoms with Crippen LogP contribution in [0.5, 0.6) is 11.5 Å². The Morgan fingerprint density at radius 2 is 1.85 bits per heavy atom. The normalized spacial score (nSPS) is 11.8. The fourth-order valence-corrected chi connectivity index (χ4v) is 4.29. The molecule has 1 aromatic heterocycles. The summed E-state index contributed by atoms with van der Waals surface area (Å²) >= 11 is 1.54. The number of ether oxygens (including phenoxy) is 2. The number of carbonyl (C=O) groups is 1. The third-order valence-corrected chi connectivity index (χ3v) is 5.58. The molecule has 6 heteroatoms. The van der Waals surface area contributed by atoms with Crippen molar-refractivity contribution in [2.45, 2.75) is 27.3 Å². The molecule has 0 N–H and O–H groups in total. The summed E-state index contributed by atoms with van der Waals surface area (Å²) in [6, 6.07) is 9.43. The summed E-state index contributed by atoms with van der Waals surface area (Å²) in [4.78, 5) is 18.0. The zero-order valence-electron chi connectivity index (χ0n) is 15.6. The highest BCUT2D eigenvalue weighted by Crippen LogP contribution is 2.31. The monoisotopic (exact) mass is 370 g/mol. The molecule has 1 amide bonds. The Morgan fingerprint density at radius 3 is 2.50 bits per heavy atom. The number of carbonyl (C=O) groups excluding carboxylic acids is 1. The first-order valence-electron chi connectivity index (χ1n) is 8.41. The van der Waals surface area contributed by atoms with Crippen LogP contribution in [0, 0.1) is 13.8 Å². The highest BCUT2D eigenvalue weighted by Gasteiger charge is 2.17. The molecule has 136 valence electrons. The van der Waals surface area contributed by atoms with Gasteiger partial charge in [0.05, 0.1) is 30.0 Å². The third-order valence-electron chi connectivity index (χ3n) is 4.37. The van der Waals surface area contributed by atoms with Gasteiger partial charge >= 0.3 is 0 Å². The van der Waals surface area contributed by atoms with Crippen molar-refractivity contribution in [1.29, 1.82) is 0 Å². The molecule has 0 radical (unpaired) electrons. The summed E-state index contributed by atoms with van der Waals surface area (Å²) < 4.78 is 13.9. The quantitative estimate of drug-likeness (QED) is 0.695. The number of hydrogen-bond donors (Lipinski definition) is 0. The van der Waals surface area contributed by atoms with Gasteiger partial charge in [0.25, 0.3) is 5.91 Å². The minimum atomic E-state index is -0.343. The molecule has 26 heavy (non-hydrogen) atoms. The Balaban J connectivity index is 2.22. The van der Waals surface area contributed by atoms with Gasteiger partial charge in [0.15, 0.2) is 16.3 Å². The molecule has 1 heterocycles. The second-order valence-electron chi connectivity index (χ2n) is 5.96. The van der Waals surface area contributed by atoms with Gasteiger partial charge in [-0.05, 0) is 44.0 Å². The molecule has 0 atom stereocenters. The summed E-state index contributed by atoms with van der Waals surface area (Å²) in [6.07, 6.45) is 0. The molecule has 0 fully saturated rings. The standard InChI is InChI=1S/C20H22N2O3S/c1-6-22-16-12(2)10-11-13(3)18(16)26-20(22)21-19(23)14-8-7-9-15(24-4)17(14)25-5/h7-11H,6H2,1-5H3. The molecule has 0 saturated heterocycles. The Kier molecular flexibility index (Phi) is 5.13. The number of methoxy groups -OCH3 is 2. The van der Waals surface area contributed by atoms with Crippen LogP contribution >= 0.6 is 11.3 Å². The van der Waals surface area contributed by atoms with E-state index in [2.05, 4.69) is 42.5 Å². The second-order valence-corrected chi connectivity index (χ2v) is 6.94. The average Bonchev–Trinajstić information content (AvgIpc) is 3.03. The summed E-state index contributed by atoms with van der Waals surface area (Å²) in [7, 11) is 3.07. The van der Waals surface area contributed by atoms with Crippen LogP contribution in [0.1, 0.15) is 28.4 Å². The SMILES string of the molecule is CCn1c(=NC(=O)c2cccc(OC)c2OC)sc2c(C)ccc(C)c21. The molecule has 0 unspecified atom stereocenters. The lowest BCUT2D eigenvalue weighted by molar-refractivity contribution is 0.0994. The number of hydrogen-bond acceptors (Lipinski definition) is 4. The maximum Gasteiger partial charge on any atom is 0.283 e. The van der Waals surface area contributed by atoms with Gasteiger partial charge < -0.3 is 14.0 Å². The van der Waals surface area contributed by atoms with E-state index in [1.807, 2.05) is 0 Å². The zero-order chi connectivity index (χ0) is 18.8. The molecule has 0 saturated carbocycles. The van der Waals surface area contributed by atoms with Gasteiger partial charge in [-0.2, -0.15) is 4.99 Å². The number of aromatic nitrogens is 1. The van der Waals surface area contributed by atoms with Crippen LogP contribution in [0.3, 0.4) is 0 Å². The minimum absolute atomic E-state index is 0.343. The van der Waals surface area contributed by atoms with E-state index in [0.29, 0.717) is 21.9 Å². The summed E-state index contributed by atoms with van der Waals surface area (Å²) in [6.45, 7) is 6.96. The molecular formula is C20H22N2O3S. The molecule has 3 aromatic rings. The van der Waals surface area contributed by atoms with Crippen molar-refractivity contribution in [2.75, 3.05) is 14.2 Å². The van der Waals surface area contributed by atoms with Gasteiger partial charge in [-0.25, -0.2) is 0 Å². The average molecular weight is 370 g/mol. The van der Waals surface area contributed by atoms with Crippen LogP contribution in [0.25, 0.3) is 10.2 Å². The first-order valence-corrected chi connectivity index (χ1v) is 9.23. The lowest BCUT2D eigenvalue weighted by atomic mass is 10.1. The summed E-state index contributed by atoms with van der Waals surface area (Å²) in [5, 5.41) is 0. The molecule has 3 rings (SSSR count). The van der Waals surface area contributed by atoms with Gasteiger partial charge in [0, 0.05) is 6.54 Å². The zero-order valence-corrected chi connectivity index (χ0v) is 16.4. The number of para-hydroxylation sites is 1. The van der Waals surface area contributed by atoms with E-state index in [9.17, 15) is 4.79 Å². The Morgan fingerprint density at radius 1 is 1.12 bits per heavy atom. The topological polar surface area (TPSA) is 52.8 Å². The van der Waals surface area contributed by atoms with Crippen molar-refractivity contribution in [3.63, 3.8) is 0 Å². The van der Waals surface area contributed by atoms with E-state index >= 15 is 0 Å². The van der Waals surface area contributed by atoms with Gasteiger partial charge in [-0.3, -0.25) is 4.79 Å². The fraction of sp³-hybridized carbons (Fsp3) is 0.300. The largest absolute Gasteiger partial charge is 0.493 e. The van der Waals surface area contributed by atoms with E-state index in [0.717, 1.165) is 16.8 Å². The van der Waals surface area contributed by atoms with Crippen LogP contribution in [-0.4, -0.2) is 24.7 Å². The van der Waals surface area contributed by atoms with Crippen molar-refractivity contribution < 1.29 is 14.3 Å². The number of amides is 1. The third kappa shape index (κ3) is 3.01. The summed E-state index contributed by atoms with van der Waals surface area (Å²) in [5.74, 6) is 0.574. The van der Waals surface area contributed by atoms with Crippen molar-refractivity contribution in [3.8, 4) is 11.5 Å². The Hall–Kier alpha value is -2.60. The van der Waals surface area contributed by atoms with E-state index < -0.39 is 0 Å². The van der Waals surface area contributed by atoms with Crippen molar-refractivity contribution in [2.24, 2.45) is 4.99 Å². The second kappa shape index (κ2) is 7.33. The number of aryl methyl sites for hydroxylation is 3. The molecule has 0 aliphatic heterocycles. The Labute approximate surface area is 156 Å². The molecule has 2 aromatic carbocycles. The molecule has 0 spiro atoms. The molecular weight excluding hydrogens is 348 g/mol. The van der Waals surface area contributed by atoms with E-state index in [1.165, 1.54) is 29.6 Å².